The molecule has 0 saturated carbocycles. The molecule has 1 amide bonds. The van der Waals surface area contributed by atoms with Crippen LogP contribution in [0.5, 0.6) is 0 Å². The van der Waals surface area contributed by atoms with Crippen LogP contribution in [0.1, 0.15) is 25.7 Å². The number of carbonyl (C=O) groups excluding carboxylic acids is 1. The Morgan fingerprint density at radius 1 is 1.04 bits per heavy atom. The van der Waals surface area contributed by atoms with Gasteiger partial charge in [0.05, 0.1) is 0 Å². The maximum absolute atomic E-state index is 12.5. The van der Waals surface area contributed by atoms with Crippen LogP contribution in [0.25, 0.3) is 0 Å². The molecule has 2 fully saturated rings. The van der Waals surface area contributed by atoms with Gasteiger partial charge in [-0.2, -0.15) is 0 Å². The normalized spacial score (nSPS) is 23.5. The molecule has 0 bridgehead atoms. The summed E-state index contributed by atoms with van der Waals surface area (Å²) in [6.45, 7) is 8.32. The van der Waals surface area contributed by atoms with Crippen molar-refractivity contribution in [1.29, 1.82) is 0 Å². The number of rotatable bonds is 6. The SMILES string of the molecule is CN1CCCC(CCC(=O)N2CCN(CCn3cccc3)CC2)C1. The first-order valence-corrected chi connectivity index (χ1v) is 9.50. The van der Waals surface area contributed by atoms with Crippen LogP contribution in [0.4, 0.5) is 0 Å². The highest BCUT2D eigenvalue weighted by Crippen LogP contribution is 2.20. The maximum Gasteiger partial charge on any atom is 0.222 e. The van der Waals surface area contributed by atoms with Gasteiger partial charge in [-0.3, -0.25) is 9.69 Å². The third-order valence-electron chi connectivity index (χ3n) is 5.55. The Morgan fingerprint density at radius 3 is 2.50 bits per heavy atom. The van der Waals surface area contributed by atoms with Crippen LogP contribution in [0.3, 0.4) is 0 Å². The molecule has 2 aliphatic heterocycles. The molecular formula is C19H32N4O. The van der Waals surface area contributed by atoms with Gasteiger partial charge < -0.3 is 14.4 Å². The van der Waals surface area contributed by atoms with Crippen LogP contribution in [0.2, 0.25) is 0 Å². The number of carbonyl (C=O) groups is 1. The van der Waals surface area contributed by atoms with Crippen molar-refractivity contribution in [2.75, 3.05) is 52.9 Å². The summed E-state index contributed by atoms with van der Waals surface area (Å²) in [7, 11) is 2.20. The zero-order chi connectivity index (χ0) is 16.8. The minimum Gasteiger partial charge on any atom is -0.353 e. The van der Waals surface area contributed by atoms with E-state index in [-0.39, 0.29) is 0 Å². The number of hydrogen-bond acceptors (Lipinski definition) is 3. The summed E-state index contributed by atoms with van der Waals surface area (Å²) in [5.41, 5.74) is 0. The first-order chi connectivity index (χ1) is 11.7. The van der Waals surface area contributed by atoms with Crippen LogP contribution in [-0.2, 0) is 11.3 Å². The molecule has 5 heteroatoms. The Hall–Kier alpha value is -1.33. The molecule has 0 spiro atoms. The van der Waals surface area contributed by atoms with Crippen LogP contribution in [0, 0.1) is 5.92 Å². The van der Waals surface area contributed by atoms with Gasteiger partial charge in [-0.05, 0) is 50.9 Å². The van der Waals surface area contributed by atoms with Crippen LogP contribution < -0.4 is 0 Å². The van der Waals surface area contributed by atoms with Crippen molar-refractivity contribution in [3.8, 4) is 0 Å². The van der Waals surface area contributed by atoms with Gasteiger partial charge in [0, 0.05) is 64.6 Å². The molecule has 0 aliphatic carbocycles. The van der Waals surface area contributed by atoms with Gasteiger partial charge in [-0.1, -0.05) is 0 Å². The van der Waals surface area contributed by atoms with Gasteiger partial charge in [0.25, 0.3) is 0 Å². The minimum absolute atomic E-state index is 0.369. The lowest BCUT2D eigenvalue weighted by Gasteiger charge is -2.35. The van der Waals surface area contributed by atoms with Gasteiger partial charge >= 0.3 is 0 Å². The second-order valence-electron chi connectivity index (χ2n) is 7.45. The standard InChI is InChI=1S/C19H32N4O/c1-20-8-4-5-18(17-20)6-7-19(24)23-15-13-22(14-16-23)12-11-21-9-2-3-10-21/h2-3,9-10,18H,4-8,11-17H2,1H3. The van der Waals surface area contributed by atoms with Crippen molar-refractivity contribution in [2.45, 2.75) is 32.2 Å². The Bertz CT molecular complexity index is 493. The molecule has 0 aromatic carbocycles. The van der Waals surface area contributed by atoms with Gasteiger partial charge in [0.15, 0.2) is 0 Å². The summed E-state index contributed by atoms with van der Waals surface area (Å²) in [5, 5.41) is 0. The number of aromatic nitrogens is 1. The number of hydrogen-bond donors (Lipinski definition) is 0. The smallest absolute Gasteiger partial charge is 0.222 e. The summed E-state index contributed by atoms with van der Waals surface area (Å²) in [4.78, 5) is 19.4. The maximum atomic E-state index is 12.5. The van der Waals surface area contributed by atoms with Crippen LogP contribution in [-0.4, -0.2) is 78.0 Å². The second kappa shape index (κ2) is 8.67. The highest BCUT2D eigenvalue weighted by Gasteiger charge is 2.23. The number of piperazine rings is 1. The van der Waals surface area contributed by atoms with E-state index >= 15 is 0 Å². The molecule has 1 atom stereocenters. The molecular weight excluding hydrogens is 300 g/mol. The predicted molar refractivity (Wildman–Crippen MR) is 96.9 cm³/mol. The average molecular weight is 332 g/mol. The quantitative estimate of drug-likeness (QED) is 0.795. The van der Waals surface area contributed by atoms with Gasteiger partial charge in [-0.25, -0.2) is 0 Å². The molecule has 5 nitrogen and oxygen atoms in total. The molecule has 134 valence electrons. The number of likely N-dealkylation sites (tertiary alicyclic amines) is 1. The number of piperidine rings is 1. The Balaban J connectivity index is 1.32. The van der Waals surface area contributed by atoms with E-state index in [9.17, 15) is 4.79 Å². The number of nitrogens with zero attached hydrogens (tertiary/aromatic N) is 4. The topological polar surface area (TPSA) is 31.7 Å². The van der Waals surface area contributed by atoms with E-state index in [1.165, 1.54) is 25.9 Å². The fourth-order valence-electron chi connectivity index (χ4n) is 3.99. The molecule has 1 aromatic heterocycles. The molecule has 2 aliphatic rings. The lowest BCUT2D eigenvalue weighted by molar-refractivity contribution is -0.133. The van der Waals surface area contributed by atoms with E-state index in [2.05, 4.69) is 50.8 Å². The van der Waals surface area contributed by atoms with Gasteiger partial charge in [-0.15, -0.1) is 0 Å². The van der Waals surface area contributed by atoms with E-state index in [0.29, 0.717) is 5.91 Å². The van der Waals surface area contributed by atoms with Crippen molar-refractivity contribution < 1.29 is 4.79 Å². The van der Waals surface area contributed by atoms with E-state index < -0.39 is 0 Å². The lowest BCUT2D eigenvalue weighted by atomic mass is 9.93. The Kier molecular flexibility index (Phi) is 6.32. The fraction of sp³-hybridized carbons (Fsp3) is 0.737. The third kappa shape index (κ3) is 5.08. The van der Waals surface area contributed by atoms with Crippen molar-refractivity contribution in [3.05, 3.63) is 24.5 Å². The highest BCUT2D eigenvalue weighted by atomic mass is 16.2. The molecule has 2 saturated heterocycles. The first-order valence-electron chi connectivity index (χ1n) is 9.50. The van der Waals surface area contributed by atoms with Crippen LogP contribution >= 0.6 is 0 Å². The first kappa shape index (κ1) is 17.5. The lowest BCUT2D eigenvalue weighted by Crippen LogP contribution is -2.49. The third-order valence-corrected chi connectivity index (χ3v) is 5.55. The highest BCUT2D eigenvalue weighted by molar-refractivity contribution is 5.76. The summed E-state index contributed by atoms with van der Waals surface area (Å²) in [6, 6.07) is 4.14. The predicted octanol–water partition coefficient (Wildman–Crippen LogP) is 1.75. The van der Waals surface area contributed by atoms with Crippen molar-refractivity contribution in [1.82, 2.24) is 19.3 Å². The number of amides is 1. The Labute approximate surface area is 146 Å². The van der Waals surface area contributed by atoms with Crippen molar-refractivity contribution >= 4 is 5.91 Å². The molecule has 24 heavy (non-hydrogen) atoms. The average Bonchev–Trinajstić information content (AvgIpc) is 3.12. The molecule has 1 aromatic rings. The summed E-state index contributed by atoms with van der Waals surface area (Å²) >= 11 is 0. The van der Waals surface area contributed by atoms with Crippen molar-refractivity contribution in [2.24, 2.45) is 5.92 Å². The van der Waals surface area contributed by atoms with Crippen LogP contribution in [0.15, 0.2) is 24.5 Å². The van der Waals surface area contributed by atoms with E-state index in [1.54, 1.807) is 0 Å². The summed E-state index contributed by atoms with van der Waals surface area (Å²) in [6.07, 6.45) is 8.62. The largest absolute Gasteiger partial charge is 0.353 e. The van der Waals surface area contributed by atoms with Gasteiger partial charge in [0.1, 0.15) is 0 Å². The summed E-state index contributed by atoms with van der Waals surface area (Å²) < 4.78 is 2.22. The van der Waals surface area contributed by atoms with E-state index in [4.69, 9.17) is 0 Å². The van der Waals surface area contributed by atoms with Gasteiger partial charge in [0.2, 0.25) is 5.91 Å². The zero-order valence-corrected chi connectivity index (χ0v) is 15.1. The summed E-state index contributed by atoms with van der Waals surface area (Å²) in [5.74, 6) is 1.09. The molecule has 3 heterocycles. The molecule has 0 N–H and O–H groups in total. The fourth-order valence-corrected chi connectivity index (χ4v) is 3.99. The van der Waals surface area contributed by atoms with E-state index in [1.807, 2.05) is 0 Å². The molecule has 3 rings (SSSR count). The van der Waals surface area contributed by atoms with E-state index in [0.717, 1.165) is 58.0 Å². The van der Waals surface area contributed by atoms with Crippen molar-refractivity contribution in [3.63, 3.8) is 0 Å². The molecule has 0 radical (unpaired) electrons. The zero-order valence-electron chi connectivity index (χ0n) is 15.1. The molecule has 1 unspecified atom stereocenters. The monoisotopic (exact) mass is 332 g/mol. The second-order valence-corrected chi connectivity index (χ2v) is 7.45. The minimum atomic E-state index is 0.369. The Morgan fingerprint density at radius 2 is 1.79 bits per heavy atom.